The molecular formula is C22H27N3O6. The molecule has 0 unspecified atom stereocenters. The Morgan fingerprint density at radius 2 is 1.68 bits per heavy atom. The number of methoxy groups -OCH3 is 1. The zero-order valence-corrected chi connectivity index (χ0v) is 18.2. The van der Waals surface area contributed by atoms with E-state index in [0.29, 0.717) is 43.2 Å². The van der Waals surface area contributed by atoms with Crippen LogP contribution in [0, 0.1) is 13.8 Å². The standard InChI is InChI=1S/C22H27N3O6/c1-13-20(14(2)24(3)23-13)21(26)25-9-18-19(10-25)30-12-17(11-29-18)31-16-7-5-15(6-8-16)22(27)28-4/h5-8,17-19H,9-12H2,1-4H3/t18-,19-/m0/s1. The molecule has 0 radical (unpaired) electrons. The number of rotatable bonds is 4. The molecule has 2 atom stereocenters. The molecule has 2 saturated heterocycles. The maximum atomic E-state index is 13.0. The number of hydrogen-bond donors (Lipinski definition) is 0. The van der Waals surface area contributed by atoms with E-state index in [0.717, 1.165) is 11.4 Å². The Morgan fingerprint density at radius 1 is 1.06 bits per heavy atom. The van der Waals surface area contributed by atoms with Crippen LogP contribution in [-0.4, -0.2) is 78.3 Å². The molecule has 1 amide bonds. The highest BCUT2D eigenvalue weighted by Crippen LogP contribution is 2.25. The van der Waals surface area contributed by atoms with E-state index in [-0.39, 0.29) is 24.2 Å². The molecule has 3 heterocycles. The minimum absolute atomic E-state index is 0.0399. The Balaban J connectivity index is 1.34. The molecular weight excluding hydrogens is 402 g/mol. The number of fused-ring (bicyclic) bond motifs is 1. The Bertz CT molecular complexity index is 954. The highest BCUT2D eigenvalue weighted by molar-refractivity contribution is 5.96. The van der Waals surface area contributed by atoms with Crippen molar-refractivity contribution in [3.63, 3.8) is 0 Å². The number of amides is 1. The second-order valence-electron chi connectivity index (χ2n) is 7.88. The van der Waals surface area contributed by atoms with Crippen molar-refractivity contribution in [2.75, 3.05) is 33.4 Å². The molecule has 9 nitrogen and oxygen atoms in total. The summed E-state index contributed by atoms with van der Waals surface area (Å²) in [4.78, 5) is 26.4. The van der Waals surface area contributed by atoms with E-state index in [1.54, 1.807) is 33.8 Å². The Morgan fingerprint density at radius 3 is 2.19 bits per heavy atom. The van der Waals surface area contributed by atoms with Gasteiger partial charge in [-0.15, -0.1) is 0 Å². The van der Waals surface area contributed by atoms with Gasteiger partial charge in [0.25, 0.3) is 5.91 Å². The van der Waals surface area contributed by atoms with Crippen LogP contribution in [0.3, 0.4) is 0 Å². The lowest BCUT2D eigenvalue weighted by atomic mass is 10.1. The van der Waals surface area contributed by atoms with Gasteiger partial charge >= 0.3 is 5.97 Å². The first-order chi connectivity index (χ1) is 14.9. The van der Waals surface area contributed by atoms with Gasteiger partial charge in [-0.05, 0) is 38.1 Å². The molecule has 4 rings (SSSR count). The number of ether oxygens (including phenoxy) is 4. The lowest BCUT2D eigenvalue weighted by Crippen LogP contribution is -2.33. The lowest BCUT2D eigenvalue weighted by Gasteiger charge is -2.20. The summed E-state index contributed by atoms with van der Waals surface area (Å²) < 4.78 is 24.4. The van der Waals surface area contributed by atoms with Crippen molar-refractivity contribution in [1.82, 2.24) is 14.7 Å². The molecule has 1 aromatic carbocycles. The van der Waals surface area contributed by atoms with Crippen LogP contribution in [0.5, 0.6) is 5.75 Å². The first-order valence-electron chi connectivity index (χ1n) is 10.2. The summed E-state index contributed by atoms with van der Waals surface area (Å²) in [6, 6.07) is 6.74. The molecule has 0 spiro atoms. The van der Waals surface area contributed by atoms with Gasteiger partial charge in [-0.2, -0.15) is 5.10 Å². The first-order valence-corrected chi connectivity index (χ1v) is 10.2. The van der Waals surface area contributed by atoms with Crippen molar-refractivity contribution in [3.05, 3.63) is 46.8 Å². The number of aryl methyl sites for hydroxylation is 2. The van der Waals surface area contributed by atoms with Crippen molar-refractivity contribution >= 4 is 11.9 Å². The topological polar surface area (TPSA) is 92.1 Å². The van der Waals surface area contributed by atoms with Crippen LogP contribution in [0.25, 0.3) is 0 Å². The molecule has 0 aliphatic carbocycles. The molecule has 1 aromatic heterocycles. The van der Waals surface area contributed by atoms with Crippen LogP contribution in [0.4, 0.5) is 0 Å². The number of carbonyl (C=O) groups excluding carboxylic acids is 2. The highest BCUT2D eigenvalue weighted by atomic mass is 16.6. The fourth-order valence-electron chi connectivity index (χ4n) is 4.03. The van der Waals surface area contributed by atoms with Gasteiger partial charge in [-0.1, -0.05) is 0 Å². The SMILES string of the molecule is COC(=O)c1ccc(OC2CO[C@H]3CN(C(=O)c4c(C)nn(C)c4C)C[C@@H]3OC2)cc1. The van der Waals surface area contributed by atoms with Gasteiger partial charge < -0.3 is 23.8 Å². The monoisotopic (exact) mass is 429 g/mol. The van der Waals surface area contributed by atoms with Gasteiger partial charge in [-0.25, -0.2) is 4.79 Å². The number of esters is 1. The summed E-state index contributed by atoms with van der Waals surface area (Å²) in [5.41, 5.74) is 2.69. The van der Waals surface area contributed by atoms with E-state index < -0.39 is 5.97 Å². The van der Waals surface area contributed by atoms with E-state index in [9.17, 15) is 9.59 Å². The molecule has 2 aliphatic heterocycles. The van der Waals surface area contributed by atoms with E-state index in [1.165, 1.54) is 7.11 Å². The quantitative estimate of drug-likeness (QED) is 0.681. The third-order valence-corrected chi connectivity index (χ3v) is 5.80. The van der Waals surface area contributed by atoms with E-state index >= 15 is 0 Å². The van der Waals surface area contributed by atoms with Crippen molar-refractivity contribution in [2.24, 2.45) is 7.05 Å². The van der Waals surface area contributed by atoms with Crippen LogP contribution in [0.2, 0.25) is 0 Å². The largest absolute Gasteiger partial charge is 0.486 e. The number of aromatic nitrogens is 2. The Labute approximate surface area is 180 Å². The third kappa shape index (κ3) is 4.28. The zero-order valence-electron chi connectivity index (χ0n) is 18.2. The number of carbonyl (C=O) groups is 2. The molecule has 0 saturated carbocycles. The van der Waals surface area contributed by atoms with E-state index in [1.807, 2.05) is 20.9 Å². The molecule has 0 bridgehead atoms. The summed E-state index contributed by atoms with van der Waals surface area (Å²) in [5, 5.41) is 4.34. The van der Waals surface area contributed by atoms with Gasteiger partial charge in [0.15, 0.2) is 0 Å². The smallest absolute Gasteiger partial charge is 0.337 e. The summed E-state index contributed by atoms with van der Waals surface area (Å²) in [7, 11) is 3.18. The van der Waals surface area contributed by atoms with Gasteiger partial charge in [0, 0.05) is 25.8 Å². The summed E-state index contributed by atoms with van der Waals surface area (Å²) in [6.07, 6.45) is -0.672. The third-order valence-electron chi connectivity index (χ3n) is 5.80. The van der Waals surface area contributed by atoms with Gasteiger partial charge in [0.05, 0.1) is 37.1 Å². The number of benzene rings is 1. The summed E-state index contributed by atoms with van der Waals surface area (Å²) >= 11 is 0. The van der Waals surface area contributed by atoms with Crippen LogP contribution < -0.4 is 4.74 Å². The van der Waals surface area contributed by atoms with Crippen LogP contribution in [0.15, 0.2) is 24.3 Å². The molecule has 2 aromatic rings. The Hall–Kier alpha value is -2.91. The second kappa shape index (κ2) is 8.68. The van der Waals surface area contributed by atoms with Gasteiger partial charge in [0.1, 0.15) is 24.1 Å². The van der Waals surface area contributed by atoms with Crippen LogP contribution in [0.1, 0.15) is 32.1 Å². The maximum Gasteiger partial charge on any atom is 0.337 e. The van der Waals surface area contributed by atoms with Crippen molar-refractivity contribution in [2.45, 2.75) is 32.2 Å². The number of nitrogens with zero attached hydrogens (tertiary/aromatic N) is 3. The summed E-state index contributed by atoms with van der Waals surface area (Å²) in [6.45, 7) is 5.39. The van der Waals surface area contributed by atoms with Crippen LogP contribution >= 0.6 is 0 Å². The molecule has 0 N–H and O–H groups in total. The summed E-state index contributed by atoms with van der Waals surface area (Å²) in [5.74, 6) is 0.189. The number of likely N-dealkylation sites (tertiary alicyclic amines) is 1. The first kappa shape index (κ1) is 21.3. The zero-order chi connectivity index (χ0) is 22.1. The average molecular weight is 429 g/mol. The number of hydrogen-bond acceptors (Lipinski definition) is 7. The van der Waals surface area contributed by atoms with Crippen molar-refractivity contribution in [1.29, 1.82) is 0 Å². The molecule has 2 fully saturated rings. The fraction of sp³-hybridized carbons (Fsp3) is 0.500. The van der Waals surface area contributed by atoms with E-state index in [2.05, 4.69) is 5.10 Å². The minimum atomic E-state index is -0.392. The average Bonchev–Trinajstić information content (AvgIpc) is 3.22. The van der Waals surface area contributed by atoms with Gasteiger partial charge in [-0.3, -0.25) is 9.48 Å². The lowest BCUT2D eigenvalue weighted by molar-refractivity contribution is -0.00461. The predicted molar refractivity (Wildman–Crippen MR) is 110 cm³/mol. The van der Waals surface area contributed by atoms with E-state index in [4.69, 9.17) is 18.9 Å². The normalized spacial score (nSPS) is 21.5. The second-order valence-corrected chi connectivity index (χ2v) is 7.88. The van der Waals surface area contributed by atoms with Crippen molar-refractivity contribution < 1.29 is 28.5 Å². The molecule has 166 valence electrons. The van der Waals surface area contributed by atoms with Crippen molar-refractivity contribution in [3.8, 4) is 5.75 Å². The van der Waals surface area contributed by atoms with Gasteiger partial charge in [0.2, 0.25) is 0 Å². The molecule has 9 heteroatoms. The predicted octanol–water partition coefficient (Wildman–Crippen LogP) is 1.51. The minimum Gasteiger partial charge on any atom is -0.486 e. The molecule has 31 heavy (non-hydrogen) atoms. The maximum absolute atomic E-state index is 13.0. The fourth-order valence-corrected chi connectivity index (χ4v) is 4.03. The highest BCUT2D eigenvalue weighted by Gasteiger charge is 2.40. The molecule has 2 aliphatic rings. The Kier molecular flexibility index (Phi) is 5.97. The van der Waals surface area contributed by atoms with Crippen LogP contribution in [-0.2, 0) is 21.3 Å².